The Labute approximate surface area is 160 Å². The number of nitrogens with one attached hydrogen (secondary N) is 1. The Morgan fingerprint density at radius 3 is 2.30 bits per heavy atom. The lowest BCUT2D eigenvalue weighted by Gasteiger charge is -2.33. The maximum Gasteiger partial charge on any atom is 0.355 e. The molecule has 1 heterocycles. The van der Waals surface area contributed by atoms with E-state index in [1.165, 1.54) is 6.42 Å². The molecule has 0 spiro atoms. The van der Waals surface area contributed by atoms with Gasteiger partial charge in [0.25, 0.3) is 5.91 Å². The van der Waals surface area contributed by atoms with Crippen LogP contribution in [0.3, 0.4) is 0 Å². The molecule has 0 radical (unpaired) electrons. The summed E-state index contributed by atoms with van der Waals surface area (Å²) >= 11 is 0. The van der Waals surface area contributed by atoms with E-state index in [-0.39, 0.29) is 36.4 Å². The fourth-order valence-electron chi connectivity index (χ4n) is 3.78. The summed E-state index contributed by atoms with van der Waals surface area (Å²) in [6, 6.07) is 0.237. The van der Waals surface area contributed by atoms with Crippen LogP contribution in [0.5, 0.6) is 0 Å². The van der Waals surface area contributed by atoms with E-state index in [1.54, 1.807) is 20.8 Å². The molecule has 1 aromatic rings. The highest BCUT2D eigenvalue weighted by Crippen LogP contribution is 2.23. The molecule has 2 rings (SSSR count). The lowest BCUT2D eigenvalue weighted by atomic mass is 9.94. The van der Waals surface area contributed by atoms with Gasteiger partial charge in [-0.25, -0.2) is 9.59 Å². The number of hydrogen-bond donors (Lipinski definition) is 1. The topological polar surface area (TPSA) is 88.7 Å². The van der Waals surface area contributed by atoms with Gasteiger partial charge in [0.1, 0.15) is 5.69 Å². The molecule has 27 heavy (non-hydrogen) atoms. The van der Waals surface area contributed by atoms with Crippen molar-refractivity contribution in [3.63, 3.8) is 0 Å². The molecule has 0 saturated heterocycles. The number of amides is 1. The Balaban J connectivity index is 2.02. The monoisotopic (exact) mass is 378 g/mol. The molecule has 7 nitrogen and oxygen atoms in total. The number of aromatic amines is 1. The maximum absolute atomic E-state index is 12.5. The van der Waals surface area contributed by atoms with Crippen LogP contribution >= 0.6 is 0 Å². The molecule has 0 unspecified atom stereocenters. The minimum atomic E-state index is -0.607. The summed E-state index contributed by atoms with van der Waals surface area (Å²) in [6.45, 7) is 7.58. The van der Waals surface area contributed by atoms with Gasteiger partial charge >= 0.3 is 11.9 Å². The van der Waals surface area contributed by atoms with Crippen molar-refractivity contribution in [2.45, 2.75) is 65.8 Å². The Morgan fingerprint density at radius 1 is 1.04 bits per heavy atom. The first kappa shape index (κ1) is 21.0. The van der Waals surface area contributed by atoms with Crippen LogP contribution in [0.25, 0.3) is 0 Å². The van der Waals surface area contributed by atoms with Crippen LogP contribution in [0.2, 0.25) is 0 Å². The predicted molar refractivity (Wildman–Crippen MR) is 101 cm³/mol. The van der Waals surface area contributed by atoms with Crippen molar-refractivity contribution in [2.75, 3.05) is 19.8 Å². The molecular formula is C20H30N2O5. The van der Waals surface area contributed by atoms with Gasteiger partial charge in [0.05, 0.1) is 12.2 Å². The molecule has 7 heteroatoms. The zero-order chi connectivity index (χ0) is 20.0. The average molecular weight is 378 g/mol. The standard InChI is InChI=1S/C20H30N2O5/c1-5-22(15-10-8-7-9-11-15)16(23)12-27-19(24)17-13(3)18(21-14(17)4)20(25)26-6-2/h15,21H,5-12H2,1-4H3. The molecule has 1 fully saturated rings. The smallest absolute Gasteiger partial charge is 0.355 e. The van der Waals surface area contributed by atoms with E-state index < -0.39 is 11.9 Å². The van der Waals surface area contributed by atoms with Crippen molar-refractivity contribution in [1.82, 2.24) is 9.88 Å². The molecule has 150 valence electrons. The molecule has 1 N–H and O–H groups in total. The molecule has 1 aliphatic carbocycles. The Bertz CT molecular complexity index is 689. The maximum atomic E-state index is 12.5. The van der Waals surface area contributed by atoms with Gasteiger partial charge in [0, 0.05) is 18.3 Å². The van der Waals surface area contributed by atoms with Crippen LogP contribution in [0.15, 0.2) is 0 Å². The van der Waals surface area contributed by atoms with Crippen molar-refractivity contribution in [1.29, 1.82) is 0 Å². The van der Waals surface area contributed by atoms with Crippen molar-refractivity contribution in [3.05, 3.63) is 22.5 Å². The van der Waals surface area contributed by atoms with Gasteiger partial charge in [-0.3, -0.25) is 4.79 Å². The Hall–Kier alpha value is -2.31. The van der Waals surface area contributed by atoms with Gasteiger partial charge in [-0.2, -0.15) is 0 Å². The van der Waals surface area contributed by atoms with E-state index in [9.17, 15) is 14.4 Å². The van der Waals surface area contributed by atoms with Gasteiger partial charge in [-0.05, 0) is 46.1 Å². The first-order chi connectivity index (χ1) is 12.9. The van der Waals surface area contributed by atoms with Crippen LogP contribution in [0.4, 0.5) is 0 Å². The minimum Gasteiger partial charge on any atom is -0.461 e. The van der Waals surface area contributed by atoms with E-state index in [2.05, 4.69) is 4.98 Å². The number of nitrogens with zero attached hydrogens (tertiary/aromatic N) is 1. The fraction of sp³-hybridized carbons (Fsp3) is 0.650. The normalized spacial score (nSPS) is 14.7. The number of esters is 2. The lowest BCUT2D eigenvalue weighted by Crippen LogP contribution is -2.43. The summed E-state index contributed by atoms with van der Waals surface area (Å²) in [5, 5.41) is 0. The number of likely N-dealkylation sites (N-methyl/N-ethyl adjacent to an activating group) is 1. The summed E-state index contributed by atoms with van der Waals surface area (Å²) in [5.74, 6) is -1.29. The molecular weight excluding hydrogens is 348 g/mol. The lowest BCUT2D eigenvalue weighted by molar-refractivity contribution is -0.137. The molecule has 0 aromatic carbocycles. The Morgan fingerprint density at radius 2 is 1.70 bits per heavy atom. The van der Waals surface area contributed by atoms with Crippen molar-refractivity contribution < 1.29 is 23.9 Å². The zero-order valence-corrected chi connectivity index (χ0v) is 16.7. The van der Waals surface area contributed by atoms with Crippen LogP contribution in [-0.4, -0.2) is 53.5 Å². The number of aryl methyl sites for hydroxylation is 1. The van der Waals surface area contributed by atoms with Gasteiger partial charge in [0.2, 0.25) is 0 Å². The number of rotatable bonds is 7. The quantitative estimate of drug-likeness (QED) is 0.736. The third kappa shape index (κ3) is 4.90. The van der Waals surface area contributed by atoms with Crippen LogP contribution in [0, 0.1) is 13.8 Å². The van der Waals surface area contributed by atoms with Crippen LogP contribution in [0.1, 0.15) is 78.1 Å². The molecule has 0 bridgehead atoms. The van der Waals surface area contributed by atoms with Crippen LogP contribution < -0.4 is 0 Å². The number of carbonyl (C=O) groups excluding carboxylic acids is 3. The average Bonchev–Trinajstić information content (AvgIpc) is 2.96. The van der Waals surface area contributed by atoms with E-state index in [0.717, 1.165) is 25.7 Å². The van der Waals surface area contributed by atoms with Gasteiger partial charge in [0.15, 0.2) is 6.61 Å². The van der Waals surface area contributed by atoms with Gasteiger partial charge in [-0.15, -0.1) is 0 Å². The number of ether oxygens (including phenoxy) is 2. The first-order valence-corrected chi connectivity index (χ1v) is 9.73. The summed E-state index contributed by atoms with van der Waals surface area (Å²) in [4.78, 5) is 41.7. The summed E-state index contributed by atoms with van der Waals surface area (Å²) < 4.78 is 10.3. The number of aromatic nitrogens is 1. The highest BCUT2D eigenvalue weighted by atomic mass is 16.5. The predicted octanol–water partition coefficient (Wildman–Crippen LogP) is 3.15. The largest absolute Gasteiger partial charge is 0.461 e. The summed E-state index contributed by atoms with van der Waals surface area (Å²) in [6.07, 6.45) is 5.49. The second-order valence-corrected chi connectivity index (χ2v) is 6.89. The van der Waals surface area contributed by atoms with Gasteiger partial charge in [-0.1, -0.05) is 19.3 Å². The number of H-pyrrole nitrogens is 1. The summed E-state index contributed by atoms with van der Waals surface area (Å²) in [7, 11) is 0. The van der Waals surface area contributed by atoms with Gasteiger partial charge < -0.3 is 19.4 Å². The van der Waals surface area contributed by atoms with E-state index >= 15 is 0 Å². The Kier molecular flexibility index (Phi) is 7.45. The summed E-state index contributed by atoms with van der Waals surface area (Å²) in [5.41, 5.74) is 1.52. The SMILES string of the molecule is CCOC(=O)c1[nH]c(C)c(C(=O)OCC(=O)N(CC)C2CCCCC2)c1C. The molecule has 1 saturated carbocycles. The van der Waals surface area contributed by atoms with Crippen molar-refractivity contribution in [3.8, 4) is 0 Å². The first-order valence-electron chi connectivity index (χ1n) is 9.73. The van der Waals surface area contributed by atoms with Crippen molar-refractivity contribution >= 4 is 17.8 Å². The van der Waals surface area contributed by atoms with Crippen LogP contribution in [-0.2, 0) is 14.3 Å². The molecule has 0 atom stereocenters. The fourth-order valence-corrected chi connectivity index (χ4v) is 3.78. The minimum absolute atomic E-state index is 0.172. The zero-order valence-electron chi connectivity index (χ0n) is 16.7. The van der Waals surface area contributed by atoms with E-state index in [0.29, 0.717) is 17.8 Å². The van der Waals surface area contributed by atoms with Crippen molar-refractivity contribution in [2.24, 2.45) is 0 Å². The molecule has 1 aromatic heterocycles. The van der Waals surface area contributed by atoms with E-state index in [4.69, 9.17) is 9.47 Å². The molecule has 1 amide bonds. The molecule has 0 aliphatic heterocycles. The third-order valence-electron chi connectivity index (χ3n) is 5.12. The second-order valence-electron chi connectivity index (χ2n) is 6.89. The number of carbonyl (C=O) groups is 3. The highest BCUT2D eigenvalue weighted by molar-refractivity contribution is 5.99. The van der Waals surface area contributed by atoms with E-state index in [1.807, 2.05) is 11.8 Å². The molecule has 1 aliphatic rings. The second kappa shape index (κ2) is 9.58. The number of hydrogen-bond acceptors (Lipinski definition) is 5. The third-order valence-corrected chi connectivity index (χ3v) is 5.12. The highest BCUT2D eigenvalue weighted by Gasteiger charge is 2.27.